The average molecular weight is 220 g/mol. The minimum atomic E-state index is -0.317. The summed E-state index contributed by atoms with van der Waals surface area (Å²) in [6.07, 6.45) is 2.64. The maximum atomic E-state index is 13.0. The molecule has 2 nitrogen and oxygen atoms in total. The van der Waals surface area contributed by atoms with Crippen LogP contribution in [-0.4, -0.2) is 0 Å². The molecular formula is C13H13FO2. The number of aryl methyl sites for hydroxylation is 1. The molecule has 2 rings (SSSR count). The van der Waals surface area contributed by atoms with Crippen LogP contribution >= 0.6 is 0 Å². The highest BCUT2D eigenvalue weighted by molar-refractivity contribution is 5.76. The van der Waals surface area contributed by atoms with E-state index in [0.717, 1.165) is 12.8 Å². The van der Waals surface area contributed by atoms with Crippen molar-refractivity contribution in [1.82, 2.24) is 0 Å². The normalized spacial score (nSPS) is 10.9. The minimum absolute atomic E-state index is 0.312. The second-order valence-corrected chi connectivity index (χ2v) is 3.84. The van der Waals surface area contributed by atoms with E-state index in [1.54, 1.807) is 6.07 Å². The maximum absolute atomic E-state index is 13.0. The van der Waals surface area contributed by atoms with Crippen LogP contribution in [0, 0.1) is 5.82 Å². The standard InChI is InChI=1S/C13H13FO2/c1-2-3-4-9-7-10-8-11(14)5-6-12(10)16-13(9)15/h5-8H,2-4H2,1H3. The highest BCUT2D eigenvalue weighted by Gasteiger charge is 2.05. The molecular weight excluding hydrogens is 207 g/mol. The summed E-state index contributed by atoms with van der Waals surface area (Å²) in [4.78, 5) is 11.6. The van der Waals surface area contributed by atoms with Crippen molar-refractivity contribution in [2.75, 3.05) is 0 Å². The Morgan fingerprint density at radius 2 is 2.12 bits per heavy atom. The predicted octanol–water partition coefficient (Wildman–Crippen LogP) is 3.27. The first-order chi connectivity index (χ1) is 7.70. The van der Waals surface area contributed by atoms with Gasteiger partial charge in [0.15, 0.2) is 0 Å². The Morgan fingerprint density at radius 1 is 1.31 bits per heavy atom. The Morgan fingerprint density at radius 3 is 2.88 bits per heavy atom. The molecule has 1 heterocycles. The van der Waals surface area contributed by atoms with Crippen molar-refractivity contribution in [3.05, 3.63) is 46.1 Å². The largest absolute Gasteiger partial charge is 0.423 e. The molecule has 0 aliphatic heterocycles. The maximum Gasteiger partial charge on any atom is 0.339 e. The molecule has 0 aliphatic carbocycles. The van der Waals surface area contributed by atoms with Crippen molar-refractivity contribution in [2.24, 2.45) is 0 Å². The number of benzene rings is 1. The van der Waals surface area contributed by atoms with Crippen LogP contribution in [0.25, 0.3) is 11.0 Å². The molecule has 2 aromatic rings. The summed E-state index contributed by atoms with van der Waals surface area (Å²) >= 11 is 0. The molecule has 0 N–H and O–H groups in total. The minimum Gasteiger partial charge on any atom is -0.423 e. The van der Waals surface area contributed by atoms with E-state index in [0.29, 0.717) is 23.0 Å². The molecule has 0 fully saturated rings. The second kappa shape index (κ2) is 4.47. The summed E-state index contributed by atoms with van der Waals surface area (Å²) in [7, 11) is 0. The third kappa shape index (κ3) is 2.13. The summed E-state index contributed by atoms with van der Waals surface area (Å²) in [5, 5.41) is 0.644. The second-order valence-electron chi connectivity index (χ2n) is 3.84. The van der Waals surface area contributed by atoms with Gasteiger partial charge in [0.05, 0.1) is 0 Å². The number of halogens is 1. The van der Waals surface area contributed by atoms with Gasteiger partial charge in [0.1, 0.15) is 11.4 Å². The molecule has 0 saturated heterocycles. The molecule has 16 heavy (non-hydrogen) atoms. The quantitative estimate of drug-likeness (QED) is 0.743. The summed E-state index contributed by atoms with van der Waals surface area (Å²) in [6, 6.07) is 5.88. The number of fused-ring (bicyclic) bond motifs is 1. The van der Waals surface area contributed by atoms with Crippen molar-refractivity contribution in [2.45, 2.75) is 26.2 Å². The molecule has 0 saturated carbocycles. The van der Waals surface area contributed by atoms with E-state index in [-0.39, 0.29) is 11.4 Å². The van der Waals surface area contributed by atoms with Gasteiger partial charge in [-0.25, -0.2) is 9.18 Å². The lowest BCUT2D eigenvalue weighted by Gasteiger charge is -2.01. The van der Waals surface area contributed by atoms with Gasteiger partial charge in [-0.3, -0.25) is 0 Å². The van der Waals surface area contributed by atoms with Gasteiger partial charge in [-0.05, 0) is 37.1 Å². The Kier molecular flexibility index (Phi) is 3.04. The molecule has 0 spiro atoms. The van der Waals surface area contributed by atoms with Crippen LogP contribution in [0.3, 0.4) is 0 Å². The van der Waals surface area contributed by atoms with Crippen LogP contribution < -0.4 is 5.63 Å². The SMILES string of the molecule is CCCCc1cc2cc(F)ccc2oc1=O. The number of hydrogen-bond donors (Lipinski definition) is 0. The summed E-state index contributed by atoms with van der Waals surface area (Å²) in [5.41, 5.74) is 0.749. The third-order valence-corrected chi connectivity index (χ3v) is 2.57. The number of hydrogen-bond acceptors (Lipinski definition) is 2. The van der Waals surface area contributed by atoms with Crippen molar-refractivity contribution >= 4 is 11.0 Å². The number of unbranched alkanes of at least 4 members (excludes halogenated alkanes) is 1. The Hall–Kier alpha value is -1.64. The molecule has 1 aromatic carbocycles. The first-order valence-electron chi connectivity index (χ1n) is 5.43. The molecule has 84 valence electrons. The van der Waals surface area contributed by atoms with Crippen LogP contribution in [0.5, 0.6) is 0 Å². The highest BCUT2D eigenvalue weighted by Crippen LogP contribution is 2.15. The van der Waals surface area contributed by atoms with E-state index >= 15 is 0 Å². The van der Waals surface area contributed by atoms with Crippen LogP contribution in [0.2, 0.25) is 0 Å². The fourth-order valence-corrected chi connectivity index (χ4v) is 1.68. The van der Waals surface area contributed by atoms with Gasteiger partial charge in [0, 0.05) is 10.9 Å². The van der Waals surface area contributed by atoms with Gasteiger partial charge in [-0.1, -0.05) is 13.3 Å². The fraction of sp³-hybridized carbons (Fsp3) is 0.308. The van der Waals surface area contributed by atoms with Crippen molar-refractivity contribution < 1.29 is 8.81 Å². The van der Waals surface area contributed by atoms with E-state index in [4.69, 9.17) is 4.42 Å². The molecule has 0 atom stereocenters. The summed E-state index contributed by atoms with van der Waals surface area (Å²) < 4.78 is 18.1. The molecule has 1 aromatic heterocycles. The first kappa shape index (κ1) is 10.9. The van der Waals surface area contributed by atoms with Gasteiger partial charge in [0.2, 0.25) is 0 Å². The van der Waals surface area contributed by atoms with Crippen molar-refractivity contribution in [3.63, 3.8) is 0 Å². The molecule has 0 radical (unpaired) electrons. The van der Waals surface area contributed by atoms with E-state index in [2.05, 4.69) is 6.92 Å². The zero-order valence-corrected chi connectivity index (χ0v) is 9.13. The van der Waals surface area contributed by atoms with E-state index in [1.165, 1.54) is 18.2 Å². The lowest BCUT2D eigenvalue weighted by Crippen LogP contribution is -2.06. The molecule has 0 unspecified atom stereocenters. The monoisotopic (exact) mass is 220 g/mol. The molecule has 3 heteroatoms. The lowest BCUT2D eigenvalue weighted by atomic mass is 10.1. The first-order valence-corrected chi connectivity index (χ1v) is 5.43. The summed E-state index contributed by atoms with van der Waals surface area (Å²) in [6.45, 7) is 2.06. The van der Waals surface area contributed by atoms with Crippen LogP contribution in [-0.2, 0) is 6.42 Å². The van der Waals surface area contributed by atoms with E-state index < -0.39 is 0 Å². The van der Waals surface area contributed by atoms with E-state index in [9.17, 15) is 9.18 Å². The highest BCUT2D eigenvalue weighted by atomic mass is 19.1. The average Bonchev–Trinajstić information content (AvgIpc) is 2.27. The van der Waals surface area contributed by atoms with Crippen molar-refractivity contribution in [1.29, 1.82) is 0 Å². The lowest BCUT2D eigenvalue weighted by molar-refractivity contribution is 0.545. The van der Waals surface area contributed by atoms with Crippen LogP contribution in [0.15, 0.2) is 33.5 Å². The van der Waals surface area contributed by atoms with Crippen LogP contribution in [0.1, 0.15) is 25.3 Å². The smallest absolute Gasteiger partial charge is 0.339 e. The molecule has 0 bridgehead atoms. The van der Waals surface area contributed by atoms with Gasteiger partial charge < -0.3 is 4.42 Å². The molecule has 0 amide bonds. The van der Waals surface area contributed by atoms with Gasteiger partial charge in [-0.2, -0.15) is 0 Å². The van der Waals surface area contributed by atoms with Gasteiger partial charge >= 0.3 is 5.63 Å². The van der Waals surface area contributed by atoms with Crippen molar-refractivity contribution in [3.8, 4) is 0 Å². The Balaban J connectivity index is 2.51. The van der Waals surface area contributed by atoms with Gasteiger partial charge in [-0.15, -0.1) is 0 Å². The Labute approximate surface area is 92.7 Å². The summed E-state index contributed by atoms with van der Waals surface area (Å²) in [5.74, 6) is -0.317. The van der Waals surface area contributed by atoms with Crippen LogP contribution in [0.4, 0.5) is 4.39 Å². The Bertz CT molecular complexity index is 557. The van der Waals surface area contributed by atoms with E-state index in [1.807, 2.05) is 0 Å². The zero-order chi connectivity index (χ0) is 11.5. The number of rotatable bonds is 3. The fourth-order valence-electron chi connectivity index (χ4n) is 1.68. The third-order valence-electron chi connectivity index (χ3n) is 2.57. The van der Waals surface area contributed by atoms with Gasteiger partial charge in [0.25, 0.3) is 0 Å². The zero-order valence-electron chi connectivity index (χ0n) is 9.13. The predicted molar refractivity (Wildman–Crippen MR) is 61.1 cm³/mol. The molecule has 0 aliphatic rings. The topological polar surface area (TPSA) is 30.2 Å².